The van der Waals surface area contributed by atoms with Crippen molar-refractivity contribution in [1.82, 2.24) is 4.57 Å². The summed E-state index contributed by atoms with van der Waals surface area (Å²) in [5, 5.41) is 0. The van der Waals surface area contributed by atoms with E-state index in [9.17, 15) is 9.59 Å². The van der Waals surface area contributed by atoms with Gasteiger partial charge in [-0.05, 0) is 60.6 Å². The zero-order valence-electron chi connectivity index (χ0n) is 16.1. The number of pyridine rings is 1. The summed E-state index contributed by atoms with van der Waals surface area (Å²) in [7, 11) is 3.09. The lowest BCUT2D eigenvalue weighted by molar-refractivity contribution is 0.0603. The molecular formula is C22H22N2O3S. The van der Waals surface area contributed by atoms with Gasteiger partial charge < -0.3 is 14.2 Å². The number of rotatable bonds is 2. The molecule has 0 saturated carbocycles. The number of esters is 1. The molecular weight excluding hydrogens is 372 g/mol. The van der Waals surface area contributed by atoms with Crippen LogP contribution in [0, 0.1) is 0 Å². The predicted octanol–water partition coefficient (Wildman–Crippen LogP) is 3.75. The minimum absolute atomic E-state index is 0.201. The number of nitrogens with zero attached hydrogens (tertiary/aromatic N) is 2. The summed E-state index contributed by atoms with van der Waals surface area (Å²) in [5.74, 6) is -0.465. The molecule has 2 aliphatic heterocycles. The Labute approximate surface area is 167 Å². The summed E-state index contributed by atoms with van der Waals surface area (Å²) in [5.41, 5.74) is 6.42. The van der Waals surface area contributed by atoms with Gasteiger partial charge in [0, 0.05) is 36.8 Å². The van der Waals surface area contributed by atoms with E-state index < -0.39 is 5.97 Å². The van der Waals surface area contributed by atoms with E-state index in [-0.39, 0.29) is 5.56 Å². The van der Waals surface area contributed by atoms with Gasteiger partial charge in [0.15, 0.2) is 0 Å². The number of fused-ring (bicyclic) bond motifs is 1. The fraction of sp³-hybridized carbons (Fsp3) is 0.364. The van der Waals surface area contributed by atoms with Crippen LogP contribution in [0.3, 0.4) is 0 Å². The highest BCUT2D eigenvalue weighted by molar-refractivity contribution is 7.22. The van der Waals surface area contributed by atoms with Gasteiger partial charge in [-0.15, -0.1) is 11.3 Å². The van der Waals surface area contributed by atoms with Gasteiger partial charge in [0.1, 0.15) is 0 Å². The lowest BCUT2D eigenvalue weighted by atomic mass is 9.90. The second kappa shape index (κ2) is 6.48. The Bertz CT molecular complexity index is 1140. The molecule has 28 heavy (non-hydrogen) atoms. The molecule has 0 aliphatic carbocycles. The fourth-order valence-corrected chi connectivity index (χ4v) is 5.76. The molecule has 0 fully saturated rings. The molecule has 4 heterocycles. The Morgan fingerprint density at radius 1 is 1.07 bits per heavy atom. The molecule has 0 spiro atoms. The van der Waals surface area contributed by atoms with Crippen molar-refractivity contribution < 1.29 is 9.53 Å². The number of aryl methyl sites for hydroxylation is 3. The molecule has 144 valence electrons. The number of hydrogen-bond donors (Lipinski definition) is 0. The average molecular weight is 394 g/mol. The Hall–Kier alpha value is -2.60. The van der Waals surface area contributed by atoms with Gasteiger partial charge in [-0.2, -0.15) is 0 Å². The monoisotopic (exact) mass is 394 g/mol. The normalized spacial score (nSPS) is 15.6. The van der Waals surface area contributed by atoms with Crippen molar-refractivity contribution in [3.05, 3.63) is 51.3 Å². The molecule has 5 nitrogen and oxygen atoms in total. The maximum Gasteiger partial charge on any atom is 0.339 e. The number of ether oxygens (including phenoxy) is 1. The summed E-state index contributed by atoms with van der Waals surface area (Å²) in [4.78, 5) is 28.1. The van der Waals surface area contributed by atoms with E-state index in [0.29, 0.717) is 5.56 Å². The van der Waals surface area contributed by atoms with E-state index in [0.717, 1.165) is 41.0 Å². The maximum atomic E-state index is 12.3. The van der Waals surface area contributed by atoms with Gasteiger partial charge in [-0.25, -0.2) is 4.79 Å². The lowest BCUT2D eigenvalue weighted by Gasteiger charge is -2.37. The summed E-state index contributed by atoms with van der Waals surface area (Å²) >= 11 is 1.56. The lowest BCUT2D eigenvalue weighted by Crippen LogP contribution is -2.34. The minimum Gasteiger partial charge on any atom is -0.465 e. The number of methoxy groups -OCH3 is 1. The molecule has 0 unspecified atom stereocenters. The van der Waals surface area contributed by atoms with Gasteiger partial charge >= 0.3 is 5.97 Å². The first-order valence-corrected chi connectivity index (χ1v) is 10.5. The molecule has 0 radical (unpaired) electrons. The van der Waals surface area contributed by atoms with E-state index in [1.165, 1.54) is 48.4 Å². The minimum atomic E-state index is -0.465. The molecule has 3 aromatic rings. The first-order valence-electron chi connectivity index (χ1n) is 9.70. The third-order valence-electron chi connectivity index (χ3n) is 5.94. The molecule has 0 bridgehead atoms. The molecule has 0 N–H and O–H groups in total. The van der Waals surface area contributed by atoms with Crippen LogP contribution in [0.4, 0.5) is 5.69 Å². The number of benzene rings is 1. The van der Waals surface area contributed by atoms with Gasteiger partial charge in [-0.1, -0.05) is 0 Å². The topological polar surface area (TPSA) is 51.5 Å². The van der Waals surface area contributed by atoms with Crippen LogP contribution in [0.2, 0.25) is 0 Å². The van der Waals surface area contributed by atoms with Crippen LogP contribution in [0.1, 0.15) is 34.3 Å². The van der Waals surface area contributed by atoms with E-state index in [4.69, 9.17) is 4.74 Å². The van der Waals surface area contributed by atoms with Gasteiger partial charge in [0.2, 0.25) is 0 Å². The van der Waals surface area contributed by atoms with Crippen LogP contribution in [0.15, 0.2) is 29.1 Å². The van der Waals surface area contributed by atoms with Crippen LogP contribution in [-0.4, -0.2) is 30.7 Å². The van der Waals surface area contributed by atoms with Crippen molar-refractivity contribution in [3.8, 4) is 10.4 Å². The zero-order valence-corrected chi connectivity index (χ0v) is 16.9. The highest BCUT2D eigenvalue weighted by Gasteiger charge is 2.25. The summed E-state index contributed by atoms with van der Waals surface area (Å²) in [6.45, 7) is 2.32. The number of carbonyl (C=O) groups excluding carboxylic acids is 1. The average Bonchev–Trinajstić information content (AvgIpc) is 3.16. The Morgan fingerprint density at radius 3 is 2.39 bits per heavy atom. The van der Waals surface area contributed by atoms with E-state index in [1.54, 1.807) is 23.0 Å². The van der Waals surface area contributed by atoms with Crippen molar-refractivity contribution in [3.63, 3.8) is 0 Å². The number of hydrogen-bond acceptors (Lipinski definition) is 5. The first-order chi connectivity index (χ1) is 13.6. The van der Waals surface area contributed by atoms with Crippen LogP contribution in [0.25, 0.3) is 20.7 Å². The molecule has 2 aliphatic rings. The molecule has 5 rings (SSSR count). The Kier molecular flexibility index (Phi) is 4.05. The van der Waals surface area contributed by atoms with Crippen molar-refractivity contribution in [2.75, 3.05) is 25.1 Å². The maximum absolute atomic E-state index is 12.3. The smallest absolute Gasteiger partial charge is 0.339 e. The predicted molar refractivity (Wildman–Crippen MR) is 113 cm³/mol. The van der Waals surface area contributed by atoms with Crippen LogP contribution < -0.4 is 10.5 Å². The van der Waals surface area contributed by atoms with Crippen LogP contribution in [-0.2, 0) is 24.6 Å². The third-order valence-corrected chi connectivity index (χ3v) is 7.15. The van der Waals surface area contributed by atoms with Gasteiger partial charge in [0.25, 0.3) is 5.56 Å². The summed E-state index contributed by atoms with van der Waals surface area (Å²) in [6.07, 6.45) is 4.62. The van der Waals surface area contributed by atoms with E-state index in [1.807, 2.05) is 6.07 Å². The van der Waals surface area contributed by atoms with E-state index >= 15 is 0 Å². The quantitative estimate of drug-likeness (QED) is 0.621. The number of carbonyl (C=O) groups is 1. The van der Waals surface area contributed by atoms with Crippen molar-refractivity contribution in [2.24, 2.45) is 7.05 Å². The highest BCUT2D eigenvalue weighted by Crippen LogP contribution is 2.41. The van der Waals surface area contributed by atoms with Crippen LogP contribution >= 0.6 is 11.3 Å². The van der Waals surface area contributed by atoms with E-state index in [2.05, 4.69) is 17.0 Å². The number of anilines is 1. The molecule has 1 aromatic carbocycles. The molecule has 0 atom stereocenters. The fourth-order valence-electron chi connectivity index (χ4n) is 4.58. The standard InChI is InChI=1S/C22H22N2O3S/c1-23-17-12-18(28-21(17)16(11-19(23)25)22(26)27-2)15-9-13-5-3-7-24-8-4-6-14(10-15)20(13)24/h9-12H,3-8H2,1-2H3. The summed E-state index contributed by atoms with van der Waals surface area (Å²) < 4.78 is 7.30. The molecule has 0 saturated heterocycles. The Balaban J connectivity index is 1.71. The molecule has 6 heteroatoms. The molecule has 2 aromatic heterocycles. The second-order valence-corrected chi connectivity index (χ2v) is 8.66. The SMILES string of the molecule is COC(=O)c1cc(=O)n(C)c2cc(-c3cc4c5c(c3)CCCN5CCC4)sc12. The largest absolute Gasteiger partial charge is 0.465 e. The van der Waals surface area contributed by atoms with Crippen molar-refractivity contribution in [2.45, 2.75) is 25.7 Å². The first kappa shape index (κ1) is 17.5. The Morgan fingerprint density at radius 2 is 1.75 bits per heavy atom. The van der Waals surface area contributed by atoms with Crippen molar-refractivity contribution >= 4 is 33.2 Å². The zero-order chi connectivity index (χ0) is 19.4. The van der Waals surface area contributed by atoms with Gasteiger partial charge in [-0.3, -0.25) is 4.79 Å². The van der Waals surface area contributed by atoms with Crippen LogP contribution in [0.5, 0.6) is 0 Å². The number of thiophene rings is 1. The highest BCUT2D eigenvalue weighted by atomic mass is 32.1. The third kappa shape index (κ3) is 2.58. The summed E-state index contributed by atoms with van der Waals surface area (Å²) in [6, 6.07) is 8.02. The second-order valence-electron chi connectivity index (χ2n) is 7.61. The molecule has 0 amide bonds. The van der Waals surface area contributed by atoms with Gasteiger partial charge in [0.05, 0.1) is 22.9 Å². The van der Waals surface area contributed by atoms with Crippen molar-refractivity contribution in [1.29, 1.82) is 0 Å². The number of aromatic nitrogens is 1.